The molecule has 3 fully saturated rings. The fraction of sp³-hybridized carbons (Fsp3) is 0.355. The predicted octanol–water partition coefficient (Wildman–Crippen LogP) is 2.29. The number of rotatable bonds is 1. The quantitative estimate of drug-likeness (QED) is 0.150. The van der Waals surface area contributed by atoms with Gasteiger partial charge in [0.05, 0.1) is 45.7 Å². The lowest BCUT2D eigenvalue weighted by atomic mass is 9.56. The molecule has 6 N–H and O–H groups in total. The first-order valence-electron chi connectivity index (χ1n) is 14.0. The number of esters is 1. The van der Waals surface area contributed by atoms with E-state index in [0.29, 0.717) is 0 Å². The third-order valence-electron chi connectivity index (χ3n) is 10.3. The number of carbonyl (C=O) groups is 4. The molecule has 2 bridgehead atoms. The van der Waals surface area contributed by atoms with Crippen molar-refractivity contribution in [2.45, 2.75) is 55.5 Å². The highest BCUT2D eigenvalue weighted by atomic mass is 35.5. The molecule has 2 aliphatic heterocycles. The minimum Gasteiger partial charge on any atom is -0.507 e. The van der Waals surface area contributed by atoms with E-state index in [0.717, 1.165) is 19.2 Å². The predicted molar refractivity (Wildman–Crippen MR) is 149 cm³/mol. The van der Waals surface area contributed by atoms with Crippen LogP contribution in [0.25, 0.3) is 11.5 Å². The number of aliphatic hydroxyl groups is 3. The summed E-state index contributed by atoms with van der Waals surface area (Å²) in [6, 6.07) is 2.11. The van der Waals surface area contributed by atoms with Crippen molar-refractivity contribution in [2.24, 2.45) is 5.41 Å². The molecule has 45 heavy (non-hydrogen) atoms. The number of methoxy groups -OCH3 is 1. The van der Waals surface area contributed by atoms with E-state index in [4.69, 9.17) is 25.8 Å². The van der Waals surface area contributed by atoms with Gasteiger partial charge in [-0.1, -0.05) is 11.6 Å². The minimum atomic E-state index is -2.55. The van der Waals surface area contributed by atoms with Gasteiger partial charge >= 0.3 is 5.97 Å². The number of hydrogen-bond acceptors (Lipinski definition) is 13. The van der Waals surface area contributed by atoms with Crippen LogP contribution >= 0.6 is 11.6 Å². The second-order valence-electron chi connectivity index (χ2n) is 12.3. The maximum Gasteiger partial charge on any atom is 0.358 e. The number of fused-ring (bicyclic) bond motifs is 3. The molecule has 13 nitrogen and oxygen atoms in total. The van der Waals surface area contributed by atoms with Gasteiger partial charge < -0.3 is 44.8 Å². The zero-order valence-corrected chi connectivity index (χ0v) is 24.2. The molecule has 0 radical (unpaired) electrons. The molecule has 2 unspecified atom stereocenters. The van der Waals surface area contributed by atoms with Crippen LogP contribution in [-0.4, -0.2) is 84.5 Å². The summed E-state index contributed by atoms with van der Waals surface area (Å²) in [5.41, 5.74) is -8.68. The average Bonchev–Trinajstić information content (AvgIpc) is 3.73. The van der Waals surface area contributed by atoms with Crippen LogP contribution in [0.1, 0.15) is 58.3 Å². The van der Waals surface area contributed by atoms with E-state index in [1.807, 2.05) is 0 Å². The number of ketones is 3. The van der Waals surface area contributed by atoms with Gasteiger partial charge in [0.1, 0.15) is 52.1 Å². The van der Waals surface area contributed by atoms with Crippen LogP contribution in [-0.2, 0) is 30.3 Å². The molecule has 2 heterocycles. The lowest BCUT2D eigenvalue weighted by Gasteiger charge is -2.43. The highest BCUT2D eigenvalue weighted by Gasteiger charge is 2.80. The second kappa shape index (κ2) is 8.16. The molecule has 14 heteroatoms. The first-order valence-corrected chi connectivity index (χ1v) is 14.3. The number of epoxide rings is 1. The van der Waals surface area contributed by atoms with E-state index >= 15 is 0 Å². The van der Waals surface area contributed by atoms with E-state index in [9.17, 15) is 49.8 Å². The fourth-order valence-corrected chi connectivity index (χ4v) is 8.67. The standard InChI is InChI=1S/C31H23ClO13/c1-29-18-13-8(7-30(27(29)45-29)19(24(18)40)22(38)14-9(33)3-4-10(34)15(14)26(30)41)20(32)25-16(21(13)37)23(39)17-11(35)5-6-12(36)31(17,44-25)28(42)43-2/h3-4,12,18,27,33-34,36-39H,5-7H2,1-2H3/t12-,18-,27?,29?,30+,31+/m1/s1. The normalized spacial score (nSPS) is 33.7. The van der Waals surface area contributed by atoms with Gasteiger partial charge in [-0.3, -0.25) is 14.4 Å². The Labute approximate surface area is 257 Å². The largest absolute Gasteiger partial charge is 0.507 e. The number of benzene rings is 2. The first-order chi connectivity index (χ1) is 21.2. The van der Waals surface area contributed by atoms with Crippen LogP contribution in [0.3, 0.4) is 0 Å². The van der Waals surface area contributed by atoms with Gasteiger partial charge in [0.2, 0.25) is 0 Å². The lowest BCUT2D eigenvalue weighted by molar-refractivity contribution is -0.169. The minimum absolute atomic E-state index is 0.0320. The number of carbonyl (C=O) groups excluding carboxylic acids is 4. The number of Topliss-reactive ketones (excluding diaryl/α,β-unsaturated/α-hetero) is 3. The molecule has 2 aromatic carbocycles. The van der Waals surface area contributed by atoms with E-state index in [1.165, 1.54) is 6.92 Å². The van der Waals surface area contributed by atoms with Gasteiger partial charge in [-0.2, -0.15) is 0 Å². The van der Waals surface area contributed by atoms with Crippen LogP contribution in [0.2, 0.25) is 5.02 Å². The molecule has 7 aliphatic rings. The molecule has 2 saturated carbocycles. The van der Waals surface area contributed by atoms with E-state index in [1.54, 1.807) is 0 Å². The highest BCUT2D eigenvalue weighted by Crippen LogP contribution is 2.72. The molecule has 5 aliphatic carbocycles. The molecule has 0 amide bonds. The van der Waals surface area contributed by atoms with Crippen LogP contribution < -0.4 is 4.74 Å². The maximum atomic E-state index is 14.5. The Morgan fingerprint density at radius 1 is 1.00 bits per heavy atom. The zero-order valence-electron chi connectivity index (χ0n) is 23.4. The monoisotopic (exact) mass is 638 g/mol. The van der Waals surface area contributed by atoms with Gasteiger partial charge in [-0.25, -0.2) is 4.79 Å². The summed E-state index contributed by atoms with van der Waals surface area (Å²) in [6.45, 7) is 1.53. The molecule has 232 valence electrons. The Hall–Kier alpha value is -4.59. The summed E-state index contributed by atoms with van der Waals surface area (Å²) < 4.78 is 16.9. The Bertz CT molecular complexity index is 1980. The number of halogens is 1. The Morgan fingerprint density at radius 2 is 1.64 bits per heavy atom. The van der Waals surface area contributed by atoms with E-state index < -0.39 is 127 Å². The fourth-order valence-electron chi connectivity index (χ4n) is 8.37. The molecule has 6 atom stereocenters. The van der Waals surface area contributed by atoms with Crippen molar-refractivity contribution in [1.82, 2.24) is 0 Å². The van der Waals surface area contributed by atoms with Crippen LogP contribution in [0.4, 0.5) is 0 Å². The summed E-state index contributed by atoms with van der Waals surface area (Å²) in [5.74, 6) is -9.21. The molecule has 2 aromatic rings. The average molecular weight is 639 g/mol. The summed E-state index contributed by atoms with van der Waals surface area (Å²) in [5, 5.41) is 66.9. The Kier molecular flexibility index (Phi) is 5.06. The topological polar surface area (TPSA) is 221 Å². The van der Waals surface area contributed by atoms with Crippen molar-refractivity contribution < 1.29 is 64.0 Å². The number of phenols is 3. The number of aliphatic hydroxyl groups excluding tert-OH is 3. The smallest absolute Gasteiger partial charge is 0.358 e. The van der Waals surface area contributed by atoms with Crippen molar-refractivity contribution in [2.75, 3.05) is 7.11 Å². The Balaban J connectivity index is 1.46. The van der Waals surface area contributed by atoms with Crippen LogP contribution in [0, 0.1) is 5.41 Å². The van der Waals surface area contributed by atoms with Gasteiger partial charge in [-0.05, 0) is 37.5 Å². The van der Waals surface area contributed by atoms with Crippen molar-refractivity contribution >= 4 is 46.4 Å². The van der Waals surface area contributed by atoms with Crippen LogP contribution in [0.5, 0.6) is 23.0 Å². The van der Waals surface area contributed by atoms with E-state index in [2.05, 4.69) is 0 Å². The third kappa shape index (κ3) is 2.80. The molecule has 0 aromatic heterocycles. The van der Waals surface area contributed by atoms with Gasteiger partial charge in [0.15, 0.2) is 23.1 Å². The first kappa shape index (κ1) is 27.9. The summed E-state index contributed by atoms with van der Waals surface area (Å²) in [7, 11) is 0.988. The molecular weight excluding hydrogens is 616 g/mol. The molecule has 9 rings (SSSR count). The highest BCUT2D eigenvalue weighted by molar-refractivity contribution is 6.34. The van der Waals surface area contributed by atoms with Gasteiger partial charge in [0.25, 0.3) is 5.60 Å². The van der Waals surface area contributed by atoms with Crippen LogP contribution in [0.15, 0.2) is 23.3 Å². The van der Waals surface area contributed by atoms with Crippen molar-refractivity contribution in [3.8, 4) is 23.0 Å². The van der Waals surface area contributed by atoms with E-state index in [-0.39, 0.29) is 29.0 Å². The molecule has 1 saturated heterocycles. The number of hydrogen-bond donors (Lipinski definition) is 6. The SMILES string of the molecule is COC(=O)[C@@]12Oc3c(Cl)c4c(c(O)c3C(O)=C1C(=O)CC[C@H]2O)[C@@H]1C(=O)C2=C(O)c3c(O)ccc(O)c3C(=O)[C@@]2(C4)C2OC21C. The second-order valence-corrected chi connectivity index (χ2v) is 12.7. The van der Waals surface area contributed by atoms with Crippen molar-refractivity contribution in [3.05, 3.63) is 56.1 Å². The van der Waals surface area contributed by atoms with Crippen molar-refractivity contribution in [1.29, 1.82) is 0 Å². The summed E-state index contributed by atoms with van der Waals surface area (Å²) in [4.78, 5) is 55.2. The molecular formula is C31H23ClO13. The van der Waals surface area contributed by atoms with Gasteiger partial charge in [-0.15, -0.1) is 0 Å². The number of aromatic hydroxyl groups is 3. The number of phenolic OH excluding ortho intramolecular Hbond substituents is 3. The lowest BCUT2D eigenvalue weighted by Crippen LogP contribution is -2.61. The summed E-state index contributed by atoms with van der Waals surface area (Å²) in [6.07, 6.45) is -3.76. The zero-order chi connectivity index (χ0) is 32.3. The maximum absolute atomic E-state index is 14.5. The number of ether oxygens (including phenoxy) is 3. The van der Waals surface area contributed by atoms with Gasteiger partial charge in [0, 0.05) is 12.0 Å². The third-order valence-corrected chi connectivity index (χ3v) is 10.7. The Morgan fingerprint density at radius 3 is 2.31 bits per heavy atom. The summed E-state index contributed by atoms with van der Waals surface area (Å²) >= 11 is 6.94. The van der Waals surface area contributed by atoms with Crippen molar-refractivity contribution in [3.63, 3.8) is 0 Å². The molecule has 1 spiro atoms.